The van der Waals surface area contributed by atoms with Gasteiger partial charge in [-0.25, -0.2) is 9.69 Å². The molecule has 0 radical (unpaired) electrons. The molecule has 4 rings (SSSR count). The average molecular weight is 617 g/mol. The van der Waals surface area contributed by atoms with Crippen molar-refractivity contribution in [2.24, 2.45) is 0 Å². The van der Waals surface area contributed by atoms with Crippen LogP contribution in [0.15, 0.2) is 60.2 Å². The number of carbonyl (C=O) groups excluding carboxylic acids is 3. The van der Waals surface area contributed by atoms with Crippen molar-refractivity contribution >= 4 is 63.8 Å². The minimum Gasteiger partial charge on any atom is -0.493 e. The van der Waals surface area contributed by atoms with Gasteiger partial charge in [0.25, 0.3) is 11.8 Å². The first kappa shape index (κ1) is 25.7. The summed E-state index contributed by atoms with van der Waals surface area (Å²) in [7, 11) is 1.52. The normalized spacial score (nSPS) is 14.8. The van der Waals surface area contributed by atoms with Crippen molar-refractivity contribution in [1.82, 2.24) is 5.32 Å². The third-order valence-corrected chi connectivity index (χ3v) is 6.58. The lowest BCUT2D eigenvalue weighted by Crippen LogP contribution is -2.54. The first-order valence-electron chi connectivity index (χ1n) is 10.9. The van der Waals surface area contributed by atoms with Crippen molar-refractivity contribution < 1.29 is 23.9 Å². The summed E-state index contributed by atoms with van der Waals surface area (Å²) in [5.41, 5.74) is 3.45. The van der Waals surface area contributed by atoms with Gasteiger partial charge in [0.2, 0.25) is 0 Å². The molecule has 0 aromatic heterocycles. The summed E-state index contributed by atoms with van der Waals surface area (Å²) in [6, 6.07) is 15.5. The van der Waals surface area contributed by atoms with Gasteiger partial charge in [0.05, 0.1) is 16.4 Å². The number of imide groups is 2. The molecule has 3 aromatic rings. The lowest BCUT2D eigenvalue weighted by molar-refractivity contribution is -0.122. The van der Waals surface area contributed by atoms with Crippen LogP contribution >= 0.6 is 34.2 Å². The molecule has 1 N–H and O–H groups in total. The van der Waals surface area contributed by atoms with E-state index >= 15 is 0 Å². The summed E-state index contributed by atoms with van der Waals surface area (Å²) in [5, 5.41) is 2.59. The van der Waals surface area contributed by atoms with E-state index in [0.717, 1.165) is 19.6 Å². The van der Waals surface area contributed by atoms with Crippen LogP contribution in [-0.2, 0) is 16.2 Å². The van der Waals surface area contributed by atoms with Gasteiger partial charge in [0, 0.05) is 5.02 Å². The smallest absolute Gasteiger partial charge is 0.335 e. The standard InChI is InChI=1S/C27H22ClIN2O5/c1-15-5-4-6-17(9-15)14-36-24-21(29)11-18(12-23(24)35-3)10-20-25(32)30-27(34)31(26(20)33)22-13-19(28)8-7-16(22)2/h4-13H,14H2,1-3H3,(H,30,32,34)/b20-10+. The van der Waals surface area contributed by atoms with E-state index < -0.39 is 17.8 Å². The molecule has 1 aliphatic rings. The molecule has 0 aliphatic carbocycles. The van der Waals surface area contributed by atoms with Crippen molar-refractivity contribution in [3.63, 3.8) is 0 Å². The Labute approximate surface area is 227 Å². The molecule has 0 atom stereocenters. The number of urea groups is 1. The van der Waals surface area contributed by atoms with E-state index in [9.17, 15) is 14.4 Å². The number of nitrogens with one attached hydrogen (secondary N) is 1. The van der Waals surface area contributed by atoms with E-state index in [0.29, 0.717) is 39.9 Å². The van der Waals surface area contributed by atoms with Gasteiger partial charge in [0.1, 0.15) is 12.2 Å². The van der Waals surface area contributed by atoms with Crippen molar-refractivity contribution in [2.45, 2.75) is 20.5 Å². The van der Waals surface area contributed by atoms with Crippen molar-refractivity contribution in [3.8, 4) is 11.5 Å². The highest BCUT2D eigenvalue weighted by atomic mass is 127. The van der Waals surface area contributed by atoms with Crippen LogP contribution in [0, 0.1) is 17.4 Å². The third-order valence-electron chi connectivity index (χ3n) is 5.54. The first-order chi connectivity index (χ1) is 17.2. The molecular formula is C27H22ClIN2O5. The largest absolute Gasteiger partial charge is 0.493 e. The second-order valence-electron chi connectivity index (χ2n) is 8.20. The third kappa shape index (κ3) is 5.39. The Balaban J connectivity index is 1.66. The number of ether oxygens (including phenoxy) is 2. The van der Waals surface area contributed by atoms with Crippen molar-refractivity contribution in [3.05, 3.63) is 91.0 Å². The molecule has 9 heteroatoms. The highest BCUT2D eigenvalue weighted by Crippen LogP contribution is 2.36. The maximum atomic E-state index is 13.3. The van der Waals surface area contributed by atoms with E-state index in [2.05, 4.69) is 27.9 Å². The Kier molecular flexibility index (Phi) is 7.65. The molecule has 0 spiro atoms. The average Bonchev–Trinajstić information content (AvgIpc) is 2.83. The predicted molar refractivity (Wildman–Crippen MR) is 146 cm³/mol. The number of amides is 4. The molecule has 36 heavy (non-hydrogen) atoms. The van der Waals surface area contributed by atoms with Crippen LogP contribution in [0.4, 0.5) is 10.5 Å². The Morgan fingerprint density at radius 3 is 2.56 bits per heavy atom. The number of carbonyl (C=O) groups is 3. The molecule has 0 unspecified atom stereocenters. The minimum absolute atomic E-state index is 0.194. The predicted octanol–water partition coefficient (Wildman–Crippen LogP) is 5.82. The minimum atomic E-state index is -0.834. The van der Waals surface area contributed by atoms with Crippen LogP contribution in [0.3, 0.4) is 0 Å². The van der Waals surface area contributed by atoms with Crippen LogP contribution in [-0.4, -0.2) is 25.0 Å². The SMILES string of the molecule is COc1cc(/C=C2\C(=O)NC(=O)N(c3cc(Cl)ccc3C)C2=O)cc(I)c1OCc1cccc(C)c1. The number of hydrogen-bond donors (Lipinski definition) is 1. The summed E-state index contributed by atoms with van der Waals surface area (Å²) in [4.78, 5) is 39.4. The Hall–Kier alpha value is -3.37. The van der Waals surface area contributed by atoms with Crippen molar-refractivity contribution in [1.29, 1.82) is 0 Å². The van der Waals surface area contributed by atoms with Gasteiger partial charge in [0.15, 0.2) is 11.5 Å². The van der Waals surface area contributed by atoms with Gasteiger partial charge in [-0.15, -0.1) is 0 Å². The summed E-state index contributed by atoms with van der Waals surface area (Å²) < 4.78 is 12.3. The van der Waals surface area contributed by atoms with Crippen LogP contribution in [0.2, 0.25) is 5.02 Å². The molecule has 3 aromatic carbocycles. The zero-order valence-electron chi connectivity index (χ0n) is 19.7. The number of anilines is 1. The summed E-state index contributed by atoms with van der Waals surface area (Å²) >= 11 is 8.20. The molecule has 1 aliphatic heterocycles. The second-order valence-corrected chi connectivity index (χ2v) is 9.80. The van der Waals surface area contributed by atoms with Gasteiger partial charge in [-0.3, -0.25) is 14.9 Å². The Bertz CT molecular complexity index is 1420. The summed E-state index contributed by atoms with van der Waals surface area (Å²) in [6.07, 6.45) is 1.42. The lowest BCUT2D eigenvalue weighted by atomic mass is 10.1. The molecule has 7 nitrogen and oxygen atoms in total. The van der Waals surface area contributed by atoms with Crippen LogP contribution in [0.1, 0.15) is 22.3 Å². The fraction of sp³-hybridized carbons (Fsp3) is 0.148. The zero-order chi connectivity index (χ0) is 26.0. The van der Waals surface area contributed by atoms with Gasteiger partial charge in [-0.05, 0) is 83.5 Å². The molecule has 184 valence electrons. The lowest BCUT2D eigenvalue weighted by Gasteiger charge is -2.27. The number of hydrogen-bond acceptors (Lipinski definition) is 5. The van der Waals surface area contributed by atoms with Crippen molar-refractivity contribution in [2.75, 3.05) is 12.0 Å². The molecule has 0 bridgehead atoms. The van der Waals surface area contributed by atoms with E-state index in [1.807, 2.05) is 31.2 Å². The zero-order valence-corrected chi connectivity index (χ0v) is 22.6. The molecule has 0 saturated carbocycles. The molecule has 1 saturated heterocycles. The van der Waals surface area contributed by atoms with Gasteiger partial charge < -0.3 is 9.47 Å². The maximum absolute atomic E-state index is 13.3. The number of nitrogens with zero attached hydrogens (tertiary/aromatic N) is 1. The highest BCUT2D eigenvalue weighted by Gasteiger charge is 2.37. The van der Waals surface area contributed by atoms with Crippen LogP contribution in [0.25, 0.3) is 6.08 Å². The second kappa shape index (κ2) is 10.7. The number of methoxy groups -OCH3 is 1. The monoisotopic (exact) mass is 616 g/mol. The van der Waals surface area contributed by atoms with E-state index in [4.69, 9.17) is 21.1 Å². The Morgan fingerprint density at radius 1 is 1.06 bits per heavy atom. The van der Waals surface area contributed by atoms with E-state index in [-0.39, 0.29) is 5.57 Å². The number of barbiturate groups is 1. The molecule has 1 fully saturated rings. The number of rotatable bonds is 6. The summed E-state index contributed by atoms with van der Waals surface area (Å²) in [5.74, 6) is -0.534. The molecule has 1 heterocycles. The molecular weight excluding hydrogens is 595 g/mol. The fourth-order valence-electron chi connectivity index (χ4n) is 3.79. The van der Waals surface area contributed by atoms with E-state index in [1.54, 1.807) is 31.2 Å². The number of halogens is 2. The quantitative estimate of drug-likeness (QED) is 0.215. The van der Waals surface area contributed by atoms with E-state index in [1.165, 1.54) is 19.3 Å². The molecule has 4 amide bonds. The maximum Gasteiger partial charge on any atom is 0.335 e. The first-order valence-corrected chi connectivity index (χ1v) is 12.4. The van der Waals surface area contributed by atoms with Crippen LogP contribution < -0.4 is 19.7 Å². The number of benzene rings is 3. The topological polar surface area (TPSA) is 84.9 Å². The van der Waals surface area contributed by atoms with Gasteiger partial charge in [-0.1, -0.05) is 47.5 Å². The highest BCUT2D eigenvalue weighted by molar-refractivity contribution is 14.1. The van der Waals surface area contributed by atoms with Gasteiger partial charge in [-0.2, -0.15) is 0 Å². The number of aryl methyl sites for hydroxylation is 2. The van der Waals surface area contributed by atoms with Crippen LogP contribution in [0.5, 0.6) is 11.5 Å². The summed E-state index contributed by atoms with van der Waals surface area (Å²) in [6.45, 7) is 4.11. The Morgan fingerprint density at radius 2 is 1.83 bits per heavy atom. The van der Waals surface area contributed by atoms with Gasteiger partial charge >= 0.3 is 6.03 Å². The fourth-order valence-corrected chi connectivity index (χ4v) is 4.73.